The minimum Gasteiger partial charge on any atom is -0.382 e. The van der Waals surface area contributed by atoms with Crippen LogP contribution >= 0.6 is 11.6 Å². The van der Waals surface area contributed by atoms with Gasteiger partial charge in [-0.2, -0.15) is 5.10 Å². The summed E-state index contributed by atoms with van der Waals surface area (Å²) in [6.45, 7) is 3.89. The molecule has 0 saturated carbocycles. The van der Waals surface area contributed by atoms with Crippen molar-refractivity contribution in [2.45, 2.75) is 6.42 Å². The second kappa shape index (κ2) is 5.27. The van der Waals surface area contributed by atoms with E-state index in [9.17, 15) is 10.1 Å². The summed E-state index contributed by atoms with van der Waals surface area (Å²) in [6.07, 6.45) is 3.68. The summed E-state index contributed by atoms with van der Waals surface area (Å²) in [4.78, 5) is 14.3. The minimum absolute atomic E-state index is 0.0623. The van der Waals surface area contributed by atoms with Gasteiger partial charge in [-0.1, -0.05) is 11.6 Å². The van der Waals surface area contributed by atoms with E-state index in [4.69, 9.17) is 17.3 Å². The first-order valence-electron chi connectivity index (χ1n) is 6.37. The second-order valence-electron chi connectivity index (χ2n) is 4.64. The van der Waals surface area contributed by atoms with E-state index >= 15 is 0 Å². The number of fused-ring (bicyclic) bond motifs is 1. The van der Waals surface area contributed by atoms with Gasteiger partial charge >= 0.3 is 0 Å². The molecule has 0 aliphatic heterocycles. The minimum atomic E-state index is -0.524. The Bertz CT molecular complexity index is 890. The lowest BCUT2D eigenvalue weighted by Gasteiger charge is -2.06. The number of halogens is 1. The molecule has 0 bridgehead atoms. The first kappa shape index (κ1) is 14.3. The maximum absolute atomic E-state index is 10.9. The summed E-state index contributed by atoms with van der Waals surface area (Å²) >= 11 is 6.00. The number of benzene rings is 1. The van der Waals surface area contributed by atoms with Gasteiger partial charge in [-0.3, -0.25) is 10.1 Å². The number of hydrogen-bond acceptors (Lipinski definition) is 5. The number of anilines is 1. The Kier molecular flexibility index (Phi) is 3.42. The Morgan fingerprint density at radius 1 is 1.45 bits per heavy atom. The van der Waals surface area contributed by atoms with Gasteiger partial charge in [0.2, 0.25) is 0 Å². The molecule has 3 aromatic rings. The molecule has 0 fully saturated rings. The summed E-state index contributed by atoms with van der Waals surface area (Å²) < 4.78 is 1.62. The average Bonchev–Trinajstić information content (AvgIpc) is 2.86. The van der Waals surface area contributed by atoms with Crippen LogP contribution in [-0.2, 0) is 6.42 Å². The van der Waals surface area contributed by atoms with E-state index in [0.717, 1.165) is 11.1 Å². The molecule has 0 spiro atoms. The molecule has 22 heavy (non-hydrogen) atoms. The molecule has 0 atom stereocenters. The van der Waals surface area contributed by atoms with Crippen molar-refractivity contribution in [3.63, 3.8) is 0 Å². The molecule has 1 radical (unpaired) electrons. The SMILES string of the molecule is [CH2]Cc1cn2ncnc(N)c2c1-c1ccc([N+](=O)[O-])c(Cl)c1. The van der Waals surface area contributed by atoms with Crippen LogP contribution in [-0.4, -0.2) is 19.5 Å². The number of nitro benzene ring substituents is 1. The number of nitrogens with two attached hydrogens (primary N) is 1. The normalized spacial score (nSPS) is 11.0. The Hall–Kier alpha value is -2.67. The number of hydrogen-bond donors (Lipinski definition) is 1. The molecule has 7 nitrogen and oxygen atoms in total. The molecule has 3 rings (SSSR count). The molecule has 0 unspecified atom stereocenters. The van der Waals surface area contributed by atoms with E-state index in [1.807, 2.05) is 6.20 Å². The van der Waals surface area contributed by atoms with Crippen molar-refractivity contribution in [2.24, 2.45) is 0 Å². The predicted molar refractivity (Wildman–Crippen MR) is 83.6 cm³/mol. The Balaban J connectivity index is 2.30. The molecule has 8 heteroatoms. The standard InChI is InChI=1S/C14H11ClN5O2/c1-2-8-6-19-13(14(16)17-7-18-19)12(8)9-3-4-11(20(21)22)10(15)5-9/h3-7H,1-2H2,(H2,16,17,18). The Morgan fingerprint density at radius 3 is 2.86 bits per heavy atom. The monoisotopic (exact) mass is 316 g/mol. The van der Waals surface area contributed by atoms with Crippen molar-refractivity contribution < 1.29 is 4.92 Å². The van der Waals surface area contributed by atoms with E-state index in [2.05, 4.69) is 17.0 Å². The lowest BCUT2D eigenvalue weighted by atomic mass is 10.0. The summed E-state index contributed by atoms with van der Waals surface area (Å²) in [5.74, 6) is 0.319. The maximum Gasteiger partial charge on any atom is 0.287 e. The first-order chi connectivity index (χ1) is 10.5. The van der Waals surface area contributed by atoms with Crippen molar-refractivity contribution in [1.29, 1.82) is 0 Å². The summed E-state index contributed by atoms with van der Waals surface area (Å²) in [5, 5.41) is 15.1. The second-order valence-corrected chi connectivity index (χ2v) is 5.05. The van der Waals surface area contributed by atoms with Gasteiger partial charge in [0.25, 0.3) is 5.69 Å². The number of aromatic nitrogens is 3. The zero-order valence-electron chi connectivity index (χ0n) is 11.4. The molecule has 0 aliphatic rings. The highest BCUT2D eigenvalue weighted by molar-refractivity contribution is 6.33. The maximum atomic E-state index is 10.9. The van der Waals surface area contributed by atoms with Crippen LogP contribution in [0.1, 0.15) is 5.56 Å². The predicted octanol–water partition coefficient (Wildman–Crippen LogP) is 2.92. The lowest BCUT2D eigenvalue weighted by Crippen LogP contribution is -1.98. The molecule has 2 aromatic heterocycles. The van der Waals surface area contributed by atoms with Crippen LogP contribution in [0, 0.1) is 17.0 Å². The summed E-state index contributed by atoms with van der Waals surface area (Å²) in [7, 11) is 0. The van der Waals surface area contributed by atoms with Crippen molar-refractivity contribution in [1.82, 2.24) is 14.6 Å². The Labute approximate surface area is 130 Å². The third-order valence-electron chi connectivity index (χ3n) is 3.38. The zero-order valence-corrected chi connectivity index (χ0v) is 12.1. The van der Waals surface area contributed by atoms with Crippen LogP contribution in [0.5, 0.6) is 0 Å². The van der Waals surface area contributed by atoms with E-state index in [1.165, 1.54) is 12.4 Å². The van der Waals surface area contributed by atoms with Gasteiger partial charge in [0.1, 0.15) is 16.9 Å². The van der Waals surface area contributed by atoms with Gasteiger partial charge < -0.3 is 5.73 Å². The van der Waals surface area contributed by atoms with Crippen molar-refractivity contribution >= 4 is 28.6 Å². The number of rotatable bonds is 3. The highest BCUT2D eigenvalue weighted by Gasteiger charge is 2.18. The van der Waals surface area contributed by atoms with E-state index in [-0.39, 0.29) is 10.7 Å². The largest absolute Gasteiger partial charge is 0.382 e. The van der Waals surface area contributed by atoms with Gasteiger partial charge in [0.05, 0.1) is 4.92 Å². The highest BCUT2D eigenvalue weighted by atomic mass is 35.5. The highest BCUT2D eigenvalue weighted by Crippen LogP contribution is 2.36. The fourth-order valence-electron chi connectivity index (χ4n) is 2.41. The molecule has 0 saturated heterocycles. The molecule has 1 aromatic carbocycles. The molecule has 2 heterocycles. The number of nitrogen functional groups attached to an aromatic ring is 1. The molecular formula is C14H11ClN5O2. The van der Waals surface area contributed by atoms with Crippen LogP contribution in [0.15, 0.2) is 30.7 Å². The summed E-state index contributed by atoms with van der Waals surface area (Å²) in [5.41, 5.74) is 8.82. The van der Waals surface area contributed by atoms with Crippen LogP contribution in [0.4, 0.5) is 11.5 Å². The van der Waals surface area contributed by atoms with Gasteiger partial charge in [-0.25, -0.2) is 9.50 Å². The van der Waals surface area contributed by atoms with Crippen LogP contribution < -0.4 is 5.73 Å². The molecule has 0 amide bonds. The van der Waals surface area contributed by atoms with Gasteiger partial charge in [0.15, 0.2) is 5.82 Å². The third kappa shape index (κ3) is 2.15. The van der Waals surface area contributed by atoms with E-state index in [1.54, 1.807) is 16.6 Å². The van der Waals surface area contributed by atoms with E-state index in [0.29, 0.717) is 23.3 Å². The third-order valence-corrected chi connectivity index (χ3v) is 3.69. The molecule has 111 valence electrons. The molecule has 2 N–H and O–H groups in total. The molecule has 0 aliphatic carbocycles. The van der Waals surface area contributed by atoms with Gasteiger partial charge in [-0.15, -0.1) is 0 Å². The van der Waals surface area contributed by atoms with Gasteiger partial charge in [0, 0.05) is 17.8 Å². The van der Waals surface area contributed by atoms with Crippen LogP contribution in [0.3, 0.4) is 0 Å². The average molecular weight is 317 g/mol. The Morgan fingerprint density at radius 2 is 2.23 bits per heavy atom. The quantitative estimate of drug-likeness (QED) is 0.591. The summed E-state index contributed by atoms with van der Waals surface area (Å²) in [6, 6.07) is 4.54. The van der Waals surface area contributed by atoms with Crippen molar-refractivity contribution in [3.05, 3.63) is 58.3 Å². The van der Waals surface area contributed by atoms with Crippen molar-refractivity contribution in [3.8, 4) is 11.1 Å². The zero-order chi connectivity index (χ0) is 15.9. The van der Waals surface area contributed by atoms with E-state index < -0.39 is 4.92 Å². The fraction of sp³-hybridized carbons (Fsp3) is 0.0714. The van der Waals surface area contributed by atoms with Gasteiger partial charge in [-0.05, 0) is 36.6 Å². The first-order valence-corrected chi connectivity index (χ1v) is 6.75. The number of nitro groups is 1. The lowest BCUT2D eigenvalue weighted by molar-refractivity contribution is -0.384. The smallest absolute Gasteiger partial charge is 0.287 e. The van der Waals surface area contributed by atoms with Crippen LogP contribution in [0.25, 0.3) is 16.6 Å². The number of nitrogens with zero attached hydrogens (tertiary/aromatic N) is 4. The fourth-order valence-corrected chi connectivity index (χ4v) is 2.66. The molecular weight excluding hydrogens is 306 g/mol. The topological polar surface area (TPSA) is 99.3 Å². The van der Waals surface area contributed by atoms with Crippen LogP contribution in [0.2, 0.25) is 5.02 Å². The van der Waals surface area contributed by atoms with Crippen molar-refractivity contribution in [2.75, 3.05) is 5.73 Å².